The molecule has 2 aromatic carbocycles. The lowest BCUT2D eigenvalue weighted by atomic mass is 10.2. The number of thioether (sulfide) groups is 1. The van der Waals surface area contributed by atoms with E-state index in [0.29, 0.717) is 16.2 Å². The van der Waals surface area contributed by atoms with Gasteiger partial charge in [-0.1, -0.05) is 36.1 Å². The summed E-state index contributed by atoms with van der Waals surface area (Å²) in [5.41, 5.74) is 1.15. The number of hydrogen-bond acceptors (Lipinski definition) is 6. The Labute approximate surface area is 176 Å². The molecule has 0 spiro atoms. The molecular formula is C20H16N2O5S2. The summed E-state index contributed by atoms with van der Waals surface area (Å²) in [6.45, 7) is 1.56. The maximum atomic E-state index is 12.8. The Kier molecular flexibility index (Phi) is 6.00. The molecule has 1 saturated heterocycles. The molecule has 1 aliphatic rings. The standard InChI is InChI=1S/C20H16N2O5S2/c1-11(17(24)21-14-7-5-13(6-8-14)19(26)27)22-18(25)16(29-20(22)28)10-12-3-2-4-15(23)9-12/h2-11,23H,1H3,(H,21,24)(H,26,27)/b16-10-. The summed E-state index contributed by atoms with van der Waals surface area (Å²) >= 11 is 6.36. The number of anilines is 1. The summed E-state index contributed by atoms with van der Waals surface area (Å²) in [7, 11) is 0. The lowest BCUT2D eigenvalue weighted by Crippen LogP contribution is -2.44. The summed E-state index contributed by atoms with van der Waals surface area (Å²) in [5.74, 6) is -1.83. The van der Waals surface area contributed by atoms with Gasteiger partial charge in [0.25, 0.3) is 5.91 Å². The minimum atomic E-state index is -1.06. The Morgan fingerprint density at radius 2 is 1.90 bits per heavy atom. The van der Waals surface area contributed by atoms with Gasteiger partial charge in [0.15, 0.2) is 0 Å². The number of nitrogens with zero attached hydrogens (tertiary/aromatic N) is 1. The van der Waals surface area contributed by atoms with Crippen LogP contribution in [0.4, 0.5) is 5.69 Å². The van der Waals surface area contributed by atoms with Crippen LogP contribution in [-0.2, 0) is 9.59 Å². The molecule has 3 rings (SSSR count). The van der Waals surface area contributed by atoms with Crippen LogP contribution >= 0.6 is 24.0 Å². The Balaban J connectivity index is 1.73. The SMILES string of the molecule is CC(C(=O)Nc1ccc(C(=O)O)cc1)N1C(=O)/C(=C/c2cccc(O)c2)SC1=S. The summed E-state index contributed by atoms with van der Waals surface area (Å²) in [6.07, 6.45) is 1.61. The van der Waals surface area contributed by atoms with Crippen molar-refractivity contribution in [1.29, 1.82) is 0 Å². The number of aromatic hydroxyl groups is 1. The van der Waals surface area contributed by atoms with Gasteiger partial charge in [0, 0.05) is 5.69 Å². The number of nitrogens with one attached hydrogen (secondary N) is 1. The minimum absolute atomic E-state index is 0.0795. The number of aromatic carboxylic acids is 1. The summed E-state index contributed by atoms with van der Waals surface area (Å²) in [5, 5.41) is 21.1. The van der Waals surface area contributed by atoms with E-state index in [1.807, 2.05) is 0 Å². The van der Waals surface area contributed by atoms with Crippen LogP contribution in [0.1, 0.15) is 22.8 Å². The van der Waals surface area contributed by atoms with E-state index in [4.69, 9.17) is 17.3 Å². The molecule has 2 amide bonds. The van der Waals surface area contributed by atoms with Crippen molar-refractivity contribution in [1.82, 2.24) is 4.90 Å². The Hall–Kier alpha value is -3.17. The van der Waals surface area contributed by atoms with Gasteiger partial charge in [-0.25, -0.2) is 4.79 Å². The van der Waals surface area contributed by atoms with Gasteiger partial charge >= 0.3 is 5.97 Å². The number of carbonyl (C=O) groups excluding carboxylic acids is 2. The fourth-order valence-corrected chi connectivity index (χ4v) is 4.06. The van der Waals surface area contributed by atoms with Crippen molar-refractivity contribution in [2.24, 2.45) is 0 Å². The van der Waals surface area contributed by atoms with E-state index in [2.05, 4.69) is 5.32 Å². The van der Waals surface area contributed by atoms with E-state index >= 15 is 0 Å². The second kappa shape index (κ2) is 8.46. The molecule has 2 aromatic rings. The van der Waals surface area contributed by atoms with Crippen LogP contribution in [-0.4, -0.2) is 43.3 Å². The lowest BCUT2D eigenvalue weighted by Gasteiger charge is -2.22. The normalized spacial score (nSPS) is 16.2. The zero-order chi connectivity index (χ0) is 21.1. The number of amides is 2. The van der Waals surface area contributed by atoms with Gasteiger partial charge in [-0.2, -0.15) is 0 Å². The average molecular weight is 428 g/mol. The predicted molar refractivity (Wildman–Crippen MR) is 115 cm³/mol. The zero-order valence-corrected chi connectivity index (χ0v) is 16.8. The smallest absolute Gasteiger partial charge is 0.335 e. The van der Waals surface area contributed by atoms with Crippen LogP contribution in [0.25, 0.3) is 6.08 Å². The minimum Gasteiger partial charge on any atom is -0.508 e. The highest BCUT2D eigenvalue weighted by Gasteiger charge is 2.38. The monoisotopic (exact) mass is 428 g/mol. The van der Waals surface area contributed by atoms with E-state index in [9.17, 15) is 19.5 Å². The first-order chi connectivity index (χ1) is 13.8. The number of benzene rings is 2. The molecule has 1 unspecified atom stereocenters. The van der Waals surface area contributed by atoms with Crippen LogP contribution in [0, 0.1) is 0 Å². The number of rotatable bonds is 5. The summed E-state index contributed by atoms with van der Waals surface area (Å²) in [4.78, 5) is 37.8. The van der Waals surface area contributed by atoms with Crippen LogP contribution in [0.5, 0.6) is 5.75 Å². The van der Waals surface area contributed by atoms with Gasteiger partial charge in [0.05, 0.1) is 10.5 Å². The molecule has 9 heteroatoms. The molecular weight excluding hydrogens is 412 g/mol. The number of hydrogen-bond donors (Lipinski definition) is 3. The van der Waals surface area contributed by atoms with E-state index in [-0.39, 0.29) is 15.6 Å². The molecule has 148 valence electrons. The molecule has 0 aliphatic carbocycles. The number of carboxylic acids is 1. The molecule has 1 fully saturated rings. The third-order valence-electron chi connectivity index (χ3n) is 4.16. The number of carboxylic acid groups (broad SMARTS) is 1. The third kappa shape index (κ3) is 4.64. The highest BCUT2D eigenvalue weighted by molar-refractivity contribution is 8.26. The first-order valence-electron chi connectivity index (χ1n) is 8.46. The van der Waals surface area contributed by atoms with Gasteiger partial charge in [0.1, 0.15) is 16.1 Å². The van der Waals surface area contributed by atoms with E-state index in [1.165, 1.54) is 41.3 Å². The fourth-order valence-electron chi connectivity index (χ4n) is 2.64. The number of phenolic OH excluding ortho intramolecular Hbond substituents is 1. The zero-order valence-electron chi connectivity index (χ0n) is 15.2. The van der Waals surface area contributed by atoms with Crippen molar-refractivity contribution in [2.45, 2.75) is 13.0 Å². The average Bonchev–Trinajstić information content (AvgIpc) is 2.94. The molecule has 0 bridgehead atoms. The summed E-state index contributed by atoms with van der Waals surface area (Å²) in [6, 6.07) is 11.3. The Morgan fingerprint density at radius 1 is 1.21 bits per heavy atom. The van der Waals surface area contributed by atoms with Crippen LogP contribution in [0.15, 0.2) is 53.4 Å². The van der Waals surface area contributed by atoms with Gasteiger partial charge < -0.3 is 15.5 Å². The highest BCUT2D eigenvalue weighted by Crippen LogP contribution is 2.34. The molecule has 0 aromatic heterocycles. The number of carbonyl (C=O) groups is 3. The van der Waals surface area contributed by atoms with Crippen molar-refractivity contribution in [3.63, 3.8) is 0 Å². The molecule has 7 nitrogen and oxygen atoms in total. The first kappa shape index (κ1) is 20.6. The fraction of sp³-hybridized carbons (Fsp3) is 0.100. The molecule has 1 atom stereocenters. The van der Waals surface area contributed by atoms with E-state index < -0.39 is 23.8 Å². The van der Waals surface area contributed by atoms with Gasteiger partial charge in [-0.3, -0.25) is 14.5 Å². The van der Waals surface area contributed by atoms with Crippen molar-refractivity contribution < 1.29 is 24.6 Å². The molecule has 29 heavy (non-hydrogen) atoms. The largest absolute Gasteiger partial charge is 0.508 e. The summed E-state index contributed by atoms with van der Waals surface area (Å²) < 4.78 is 0.255. The third-order valence-corrected chi connectivity index (χ3v) is 5.49. The molecule has 1 heterocycles. The molecule has 0 saturated carbocycles. The van der Waals surface area contributed by atoms with Crippen LogP contribution in [0.3, 0.4) is 0 Å². The Bertz CT molecular complexity index is 1030. The molecule has 1 aliphatic heterocycles. The lowest BCUT2D eigenvalue weighted by molar-refractivity contribution is -0.129. The maximum Gasteiger partial charge on any atom is 0.335 e. The van der Waals surface area contributed by atoms with Crippen molar-refractivity contribution in [2.75, 3.05) is 5.32 Å². The van der Waals surface area contributed by atoms with Gasteiger partial charge in [0.2, 0.25) is 5.91 Å². The van der Waals surface area contributed by atoms with Crippen molar-refractivity contribution in [3.05, 3.63) is 64.6 Å². The second-order valence-electron chi connectivity index (χ2n) is 6.19. The van der Waals surface area contributed by atoms with Crippen molar-refractivity contribution >= 4 is 57.8 Å². The topological polar surface area (TPSA) is 107 Å². The van der Waals surface area contributed by atoms with E-state index in [1.54, 1.807) is 25.1 Å². The van der Waals surface area contributed by atoms with E-state index in [0.717, 1.165) is 11.8 Å². The highest BCUT2D eigenvalue weighted by atomic mass is 32.2. The van der Waals surface area contributed by atoms with Crippen LogP contribution in [0.2, 0.25) is 0 Å². The Morgan fingerprint density at radius 3 is 2.52 bits per heavy atom. The molecule has 3 N–H and O–H groups in total. The second-order valence-corrected chi connectivity index (χ2v) is 7.87. The quantitative estimate of drug-likeness (QED) is 0.495. The van der Waals surface area contributed by atoms with Crippen LogP contribution < -0.4 is 5.32 Å². The first-order valence-corrected chi connectivity index (χ1v) is 9.69. The van der Waals surface area contributed by atoms with Crippen molar-refractivity contribution in [3.8, 4) is 5.75 Å². The van der Waals surface area contributed by atoms with Gasteiger partial charge in [-0.15, -0.1) is 0 Å². The number of phenols is 1. The molecule has 0 radical (unpaired) electrons. The maximum absolute atomic E-state index is 12.8. The number of thiocarbonyl (C=S) groups is 1. The van der Waals surface area contributed by atoms with Gasteiger partial charge in [-0.05, 0) is 55.0 Å². The predicted octanol–water partition coefficient (Wildman–Crippen LogP) is 3.32.